The molecular weight excluding hydrogens is 238 g/mol. The van der Waals surface area contributed by atoms with Gasteiger partial charge in [-0.3, -0.25) is 4.79 Å². The number of furan rings is 1. The lowest BCUT2D eigenvalue weighted by molar-refractivity contribution is -0.124. The second kappa shape index (κ2) is 5.14. The van der Waals surface area contributed by atoms with Crippen molar-refractivity contribution in [2.75, 3.05) is 12.4 Å². The Morgan fingerprint density at radius 1 is 1.76 bits per heavy atom. The monoisotopic (exact) mass is 255 g/mol. The van der Waals surface area contributed by atoms with Crippen LogP contribution in [0.4, 0.5) is 0 Å². The standard InChI is InChI=1S/C12H17NO3S/c1-12(5-3-7-17-12)11(15)13-9(8-14)10-4-2-6-16-10/h2,4,6,9,14H,3,5,7-8H2,1H3,(H,13,15). The molecule has 0 spiro atoms. The highest BCUT2D eigenvalue weighted by Crippen LogP contribution is 2.38. The maximum Gasteiger partial charge on any atom is 0.236 e. The number of thioether (sulfide) groups is 1. The highest BCUT2D eigenvalue weighted by Gasteiger charge is 2.38. The molecule has 2 unspecified atom stereocenters. The average molecular weight is 255 g/mol. The lowest BCUT2D eigenvalue weighted by Crippen LogP contribution is -2.43. The second-order valence-corrected chi connectivity index (χ2v) is 6.00. The van der Waals surface area contributed by atoms with Gasteiger partial charge >= 0.3 is 0 Å². The topological polar surface area (TPSA) is 62.5 Å². The Morgan fingerprint density at radius 3 is 3.12 bits per heavy atom. The second-order valence-electron chi connectivity index (χ2n) is 4.41. The van der Waals surface area contributed by atoms with E-state index in [4.69, 9.17) is 4.42 Å². The summed E-state index contributed by atoms with van der Waals surface area (Å²) in [5.41, 5.74) is 0. The molecule has 2 rings (SSSR count). The Hall–Kier alpha value is -0.940. The van der Waals surface area contributed by atoms with Crippen LogP contribution in [0, 0.1) is 0 Å². The number of aliphatic hydroxyl groups is 1. The first kappa shape index (κ1) is 12.5. The van der Waals surface area contributed by atoms with Crippen LogP contribution in [0.3, 0.4) is 0 Å². The van der Waals surface area contributed by atoms with Crippen molar-refractivity contribution in [3.05, 3.63) is 24.2 Å². The molecule has 1 aromatic heterocycles. The van der Waals surface area contributed by atoms with E-state index in [-0.39, 0.29) is 17.3 Å². The van der Waals surface area contributed by atoms with Crippen LogP contribution < -0.4 is 5.32 Å². The van der Waals surface area contributed by atoms with Crippen LogP contribution in [0.2, 0.25) is 0 Å². The molecular formula is C12H17NO3S. The maximum absolute atomic E-state index is 12.1. The Labute approximate surface area is 105 Å². The molecule has 1 aliphatic rings. The van der Waals surface area contributed by atoms with Crippen molar-refractivity contribution in [1.82, 2.24) is 5.32 Å². The van der Waals surface area contributed by atoms with Crippen LogP contribution in [0.1, 0.15) is 31.6 Å². The van der Waals surface area contributed by atoms with Crippen molar-refractivity contribution in [2.45, 2.75) is 30.6 Å². The van der Waals surface area contributed by atoms with Gasteiger partial charge in [-0.05, 0) is 37.7 Å². The molecule has 2 N–H and O–H groups in total. The summed E-state index contributed by atoms with van der Waals surface area (Å²) in [6.45, 7) is 1.80. The number of hydrogen-bond donors (Lipinski definition) is 2. The quantitative estimate of drug-likeness (QED) is 0.860. The molecule has 1 fully saturated rings. The van der Waals surface area contributed by atoms with Crippen molar-refractivity contribution in [3.63, 3.8) is 0 Å². The van der Waals surface area contributed by atoms with E-state index in [0.717, 1.165) is 18.6 Å². The van der Waals surface area contributed by atoms with E-state index in [1.54, 1.807) is 23.9 Å². The lowest BCUT2D eigenvalue weighted by Gasteiger charge is -2.24. The van der Waals surface area contributed by atoms with E-state index < -0.39 is 6.04 Å². The SMILES string of the molecule is CC1(C(=O)NC(CO)c2ccco2)CCCS1. The fraction of sp³-hybridized carbons (Fsp3) is 0.583. The number of aliphatic hydroxyl groups excluding tert-OH is 1. The Kier molecular flexibility index (Phi) is 3.79. The molecule has 0 bridgehead atoms. The number of rotatable bonds is 4. The van der Waals surface area contributed by atoms with Crippen LogP contribution >= 0.6 is 11.8 Å². The highest BCUT2D eigenvalue weighted by atomic mass is 32.2. The lowest BCUT2D eigenvalue weighted by atomic mass is 10.0. The molecule has 1 aromatic rings. The zero-order chi connectivity index (χ0) is 12.3. The van der Waals surface area contributed by atoms with E-state index in [1.165, 1.54) is 6.26 Å². The fourth-order valence-corrected chi connectivity index (χ4v) is 3.18. The molecule has 2 heterocycles. The van der Waals surface area contributed by atoms with Gasteiger partial charge in [0, 0.05) is 0 Å². The summed E-state index contributed by atoms with van der Waals surface area (Å²) in [4.78, 5) is 12.1. The smallest absolute Gasteiger partial charge is 0.236 e. The largest absolute Gasteiger partial charge is 0.467 e. The van der Waals surface area contributed by atoms with Gasteiger partial charge in [0.2, 0.25) is 5.91 Å². The van der Waals surface area contributed by atoms with E-state index in [1.807, 2.05) is 6.92 Å². The predicted molar refractivity (Wildman–Crippen MR) is 66.8 cm³/mol. The first-order valence-corrected chi connectivity index (χ1v) is 6.73. The van der Waals surface area contributed by atoms with Gasteiger partial charge in [0.15, 0.2) is 0 Å². The van der Waals surface area contributed by atoms with Gasteiger partial charge in [0.05, 0.1) is 17.6 Å². The third-order valence-electron chi connectivity index (χ3n) is 3.07. The van der Waals surface area contributed by atoms with Gasteiger partial charge in [-0.15, -0.1) is 11.8 Å². The summed E-state index contributed by atoms with van der Waals surface area (Å²) in [5.74, 6) is 1.59. The zero-order valence-corrected chi connectivity index (χ0v) is 10.6. The Balaban J connectivity index is 2.02. The third-order valence-corrected chi connectivity index (χ3v) is 4.59. The summed E-state index contributed by atoms with van der Waals surface area (Å²) in [5, 5.41) is 12.1. The molecule has 0 aliphatic carbocycles. The summed E-state index contributed by atoms with van der Waals surface area (Å²) in [6, 6.07) is 3.05. The number of carbonyl (C=O) groups is 1. The van der Waals surface area contributed by atoms with Crippen LogP contribution in [0.25, 0.3) is 0 Å². The molecule has 94 valence electrons. The van der Waals surface area contributed by atoms with Gasteiger partial charge in [0.25, 0.3) is 0 Å². The minimum atomic E-state index is -0.449. The molecule has 0 saturated carbocycles. The normalized spacial score (nSPS) is 25.8. The maximum atomic E-state index is 12.1. The van der Waals surface area contributed by atoms with Gasteiger partial charge in [-0.2, -0.15) is 0 Å². The minimum absolute atomic E-state index is 0.0181. The molecule has 1 amide bonds. The van der Waals surface area contributed by atoms with Crippen LogP contribution in [-0.4, -0.2) is 28.1 Å². The van der Waals surface area contributed by atoms with E-state index >= 15 is 0 Å². The van der Waals surface area contributed by atoms with Gasteiger partial charge in [0.1, 0.15) is 11.8 Å². The summed E-state index contributed by atoms with van der Waals surface area (Å²) in [7, 11) is 0. The fourth-order valence-electron chi connectivity index (χ4n) is 1.97. The van der Waals surface area contributed by atoms with Crippen LogP contribution in [-0.2, 0) is 4.79 Å². The molecule has 5 heteroatoms. The van der Waals surface area contributed by atoms with Crippen molar-refractivity contribution in [3.8, 4) is 0 Å². The average Bonchev–Trinajstić information content (AvgIpc) is 2.97. The first-order valence-electron chi connectivity index (χ1n) is 5.75. The van der Waals surface area contributed by atoms with Gasteiger partial charge in [-0.25, -0.2) is 0 Å². The molecule has 17 heavy (non-hydrogen) atoms. The Morgan fingerprint density at radius 2 is 2.59 bits per heavy atom. The third kappa shape index (κ3) is 2.66. The van der Waals surface area contributed by atoms with Crippen molar-refractivity contribution >= 4 is 17.7 Å². The highest BCUT2D eigenvalue weighted by molar-refractivity contribution is 8.01. The van der Waals surface area contributed by atoms with Crippen LogP contribution in [0.15, 0.2) is 22.8 Å². The first-order chi connectivity index (χ1) is 8.15. The zero-order valence-electron chi connectivity index (χ0n) is 9.81. The summed E-state index contributed by atoms with van der Waals surface area (Å²) in [6.07, 6.45) is 3.50. The van der Waals surface area contributed by atoms with Crippen molar-refractivity contribution < 1.29 is 14.3 Å². The molecule has 1 aliphatic heterocycles. The number of amides is 1. The van der Waals surface area contributed by atoms with Crippen molar-refractivity contribution in [1.29, 1.82) is 0 Å². The van der Waals surface area contributed by atoms with E-state index in [2.05, 4.69) is 5.32 Å². The number of carbonyl (C=O) groups excluding carboxylic acids is 1. The summed E-state index contributed by atoms with van der Waals surface area (Å²) < 4.78 is 4.84. The number of nitrogens with one attached hydrogen (secondary N) is 1. The van der Waals surface area contributed by atoms with Gasteiger partial charge in [-0.1, -0.05) is 0 Å². The van der Waals surface area contributed by atoms with Gasteiger partial charge < -0.3 is 14.8 Å². The van der Waals surface area contributed by atoms with E-state index in [0.29, 0.717) is 5.76 Å². The van der Waals surface area contributed by atoms with E-state index in [9.17, 15) is 9.90 Å². The molecule has 1 saturated heterocycles. The molecule has 0 aromatic carbocycles. The minimum Gasteiger partial charge on any atom is -0.467 e. The van der Waals surface area contributed by atoms with Crippen molar-refractivity contribution in [2.24, 2.45) is 0 Å². The van der Waals surface area contributed by atoms with Crippen LogP contribution in [0.5, 0.6) is 0 Å². The molecule has 2 atom stereocenters. The molecule has 0 radical (unpaired) electrons. The Bertz CT molecular complexity index is 371. The number of hydrogen-bond acceptors (Lipinski definition) is 4. The summed E-state index contributed by atoms with van der Waals surface area (Å²) >= 11 is 1.68. The predicted octanol–water partition coefficient (Wildman–Crippen LogP) is 1.71. The molecule has 4 nitrogen and oxygen atoms in total.